The number of carbonyl (C=O) groups excluding carboxylic acids is 3. The van der Waals surface area contributed by atoms with Gasteiger partial charge in [0.2, 0.25) is 11.8 Å². The monoisotopic (exact) mass is 458 g/mol. The van der Waals surface area contributed by atoms with E-state index in [1.807, 2.05) is 61.5 Å². The predicted octanol–water partition coefficient (Wildman–Crippen LogP) is 3.48. The number of amides is 3. The van der Waals surface area contributed by atoms with Gasteiger partial charge >= 0.3 is 0 Å². The summed E-state index contributed by atoms with van der Waals surface area (Å²) in [4.78, 5) is 38.8. The molecule has 3 amide bonds. The van der Waals surface area contributed by atoms with E-state index >= 15 is 0 Å². The van der Waals surface area contributed by atoms with Crippen LogP contribution in [0.4, 0.5) is 11.4 Å². The smallest absolute Gasteiger partial charge is 0.253 e. The van der Waals surface area contributed by atoms with Crippen molar-refractivity contribution in [2.24, 2.45) is 0 Å². The molecule has 0 spiro atoms. The minimum atomic E-state index is -0.280. The van der Waals surface area contributed by atoms with Crippen LogP contribution in [-0.4, -0.2) is 49.3 Å². The van der Waals surface area contributed by atoms with Crippen LogP contribution in [0.3, 0.4) is 0 Å². The van der Waals surface area contributed by atoms with Gasteiger partial charge in [-0.05, 0) is 43.2 Å². The second-order valence-corrected chi connectivity index (χ2v) is 8.05. The zero-order chi connectivity index (χ0) is 24.3. The number of rotatable bonds is 10. The van der Waals surface area contributed by atoms with Gasteiger partial charge in [-0.25, -0.2) is 0 Å². The van der Waals surface area contributed by atoms with E-state index in [-0.39, 0.29) is 30.8 Å². The molecule has 0 atom stereocenters. The third-order valence-corrected chi connectivity index (χ3v) is 5.29. The van der Waals surface area contributed by atoms with Gasteiger partial charge in [-0.15, -0.1) is 0 Å². The Labute approximate surface area is 200 Å². The molecular formula is C27H30N4O3. The largest absolute Gasteiger partial charge is 0.376 e. The van der Waals surface area contributed by atoms with E-state index in [1.165, 1.54) is 4.90 Å². The van der Waals surface area contributed by atoms with Crippen LogP contribution in [0.1, 0.15) is 21.5 Å². The van der Waals surface area contributed by atoms with E-state index in [0.29, 0.717) is 23.5 Å². The van der Waals surface area contributed by atoms with E-state index in [2.05, 4.69) is 16.0 Å². The molecule has 3 N–H and O–H groups in total. The second kappa shape index (κ2) is 12.2. The van der Waals surface area contributed by atoms with Crippen molar-refractivity contribution in [3.05, 3.63) is 95.6 Å². The number of benzene rings is 3. The predicted molar refractivity (Wildman–Crippen MR) is 135 cm³/mol. The number of hydrogen-bond donors (Lipinski definition) is 3. The van der Waals surface area contributed by atoms with Gasteiger partial charge < -0.3 is 20.9 Å². The molecular weight excluding hydrogens is 428 g/mol. The SMILES string of the molecule is Cc1ccc(NC(=O)CN(C)C(=O)CNc2ccccc2C(=O)NCCc2ccccc2)cc1. The van der Waals surface area contributed by atoms with Crippen molar-refractivity contribution >= 4 is 29.1 Å². The average molecular weight is 459 g/mol. The summed E-state index contributed by atoms with van der Waals surface area (Å²) in [5.74, 6) is -0.756. The number of likely N-dealkylation sites (N-methyl/N-ethyl adjacent to an activating group) is 1. The Hall–Kier alpha value is -4.13. The highest BCUT2D eigenvalue weighted by Gasteiger charge is 2.15. The standard InChI is InChI=1S/C27H30N4O3/c1-20-12-14-22(15-13-20)30-25(32)19-31(2)26(33)18-29-24-11-7-6-10-23(24)27(34)28-17-16-21-8-4-3-5-9-21/h3-15,29H,16-19H2,1-2H3,(H,28,34)(H,30,32). The minimum Gasteiger partial charge on any atom is -0.376 e. The number of nitrogens with zero attached hydrogens (tertiary/aromatic N) is 1. The molecule has 0 heterocycles. The normalized spacial score (nSPS) is 10.3. The first-order valence-corrected chi connectivity index (χ1v) is 11.2. The summed E-state index contributed by atoms with van der Waals surface area (Å²) >= 11 is 0. The fraction of sp³-hybridized carbons (Fsp3) is 0.222. The maximum absolute atomic E-state index is 12.7. The fourth-order valence-electron chi connectivity index (χ4n) is 3.34. The molecule has 0 saturated carbocycles. The minimum absolute atomic E-state index is 0.0391. The van der Waals surface area contributed by atoms with Crippen molar-refractivity contribution in [2.75, 3.05) is 37.3 Å². The molecule has 0 aromatic heterocycles. The van der Waals surface area contributed by atoms with Crippen LogP contribution in [0, 0.1) is 6.92 Å². The molecule has 0 fully saturated rings. The fourth-order valence-corrected chi connectivity index (χ4v) is 3.34. The lowest BCUT2D eigenvalue weighted by Crippen LogP contribution is -2.38. The number of aryl methyl sites for hydroxylation is 1. The van der Waals surface area contributed by atoms with Crippen LogP contribution in [-0.2, 0) is 16.0 Å². The van der Waals surface area contributed by atoms with Gasteiger partial charge in [-0.1, -0.05) is 60.2 Å². The summed E-state index contributed by atoms with van der Waals surface area (Å²) in [5.41, 5.74) is 3.95. The van der Waals surface area contributed by atoms with Crippen LogP contribution in [0.5, 0.6) is 0 Å². The van der Waals surface area contributed by atoms with E-state index in [0.717, 1.165) is 17.5 Å². The summed E-state index contributed by atoms with van der Waals surface area (Å²) in [6, 6.07) is 24.4. The highest BCUT2D eigenvalue weighted by Crippen LogP contribution is 2.15. The lowest BCUT2D eigenvalue weighted by atomic mass is 10.1. The van der Waals surface area contributed by atoms with Crippen molar-refractivity contribution in [1.29, 1.82) is 0 Å². The molecule has 0 radical (unpaired) electrons. The van der Waals surface area contributed by atoms with E-state index in [1.54, 1.807) is 31.3 Å². The third-order valence-electron chi connectivity index (χ3n) is 5.29. The van der Waals surface area contributed by atoms with E-state index in [9.17, 15) is 14.4 Å². The van der Waals surface area contributed by atoms with E-state index < -0.39 is 0 Å². The van der Waals surface area contributed by atoms with Crippen molar-refractivity contribution < 1.29 is 14.4 Å². The van der Waals surface area contributed by atoms with Crippen LogP contribution in [0.15, 0.2) is 78.9 Å². The first kappa shape index (κ1) is 24.5. The lowest BCUT2D eigenvalue weighted by Gasteiger charge is -2.18. The van der Waals surface area contributed by atoms with Gasteiger partial charge in [0.25, 0.3) is 5.91 Å². The average Bonchev–Trinajstić information content (AvgIpc) is 2.84. The summed E-state index contributed by atoms with van der Waals surface area (Å²) in [6.07, 6.45) is 0.732. The van der Waals surface area contributed by atoms with Gasteiger partial charge in [0, 0.05) is 25.0 Å². The first-order valence-electron chi connectivity index (χ1n) is 11.2. The highest BCUT2D eigenvalue weighted by molar-refractivity contribution is 6.00. The van der Waals surface area contributed by atoms with Crippen LogP contribution >= 0.6 is 0 Å². The molecule has 3 aromatic rings. The summed E-state index contributed by atoms with van der Waals surface area (Å²) < 4.78 is 0. The molecule has 0 aliphatic rings. The number of hydrogen-bond acceptors (Lipinski definition) is 4. The van der Waals surface area contributed by atoms with Crippen LogP contribution < -0.4 is 16.0 Å². The van der Waals surface area contributed by atoms with Crippen molar-refractivity contribution in [3.8, 4) is 0 Å². The molecule has 34 heavy (non-hydrogen) atoms. The molecule has 7 nitrogen and oxygen atoms in total. The second-order valence-electron chi connectivity index (χ2n) is 8.05. The van der Waals surface area contributed by atoms with Crippen molar-refractivity contribution in [3.63, 3.8) is 0 Å². The number of nitrogens with one attached hydrogen (secondary N) is 3. The van der Waals surface area contributed by atoms with Crippen LogP contribution in [0.25, 0.3) is 0 Å². The number of carbonyl (C=O) groups is 3. The Bertz CT molecular complexity index is 1110. The summed E-state index contributed by atoms with van der Waals surface area (Å²) in [5, 5.41) is 8.73. The van der Waals surface area contributed by atoms with Crippen LogP contribution in [0.2, 0.25) is 0 Å². The topological polar surface area (TPSA) is 90.5 Å². The van der Waals surface area contributed by atoms with Gasteiger partial charge in [0.1, 0.15) is 0 Å². The molecule has 3 rings (SSSR count). The van der Waals surface area contributed by atoms with Gasteiger partial charge in [0.05, 0.1) is 18.7 Å². The van der Waals surface area contributed by atoms with Crippen molar-refractivity contribution in [2.45, 2.75) is 13.3 Å². The zero-order valence-electron chi connectivity index (χ0n) is 19.5. The summed E-state index contributed by atoms with van der Waals surface area (Å²) in [6.45, 7) is 2.37. The molecule has 7 heteroatoms. The summed E-state index contributed by atoms with van der Waals surface area (Å²) in [7, 11) is 1.57. The molecule has 0 saturated heterocycles. The Morgan fingerprint density at radius 3 is 2.26 bits per heavy atom. The first-order chi connectivity index (χ1) is 16.4. The third kappa shape index (κ3) is 7.48. The molecule has 0 unspecified atom stereocenters. The molecule has 0 aliphatic carbocycles. The maximum atomic E-state index is 12.7. The van der Waals surface area contributed by atoms with Gasteiger partial charge in [0.15, 0.2) is 0 Å². The maximum Gasteiger partial charge on any atom is 0.253 e. The molecule has 0 bridgehead atoms. The Balaban J connectivity index is 1.48. The number of para-hydroxylation sites is 1. The Morgan fingerprint density at radius 2 is 1.53 bits per heavy atom. The highest BCUT2D eigenvalue weighted by atomic mass is 16.2. The molecule has 176 valence electrons. The van der Waals surface area contributed by atoms with E-state index in [4.69, 9.17) is 0 Å². The zero-order valence-corrected chi connectivity index (χ0v) is 19.5. The van der Waals surface area contributed by atoms with Crippen molar-refractivity contribution in [1.82, 2.24) is 10.2 Å². The molecule has 0 aliphatic heterocycles. The Kier molecular flexibility index (Phi) is 8.80. The van der Waals surface area contributed by atoms with Gasteiger partial charge in [-0.3, -0.25) is 14.4 Å². The van der Waals surface area contributed by atoms with Gasteiger partial charge in [-0.2, -0.15) is 0 Å². The molecule has 3 aromatic carbocycles. The number of anilines is 2. The Morgan fingerprint density at radius 1 is 0.853 bits per heavy atom. The quantitative estimate of drug-likeness (QED) is 0.434. The lowest BCUT2D eigenvalue weighted by molar-refractivity contribution is -0.131.